The van der Waals surface area contributed by atoms with Crippen LogP contribution >= 0.6 is 0 Å². The number of rotatable bonds is 11. The Labute approximate surface area is 201 Å². The van der Waals surface area contributed by atoms with Gasteiger partial charge in [-0.05, 0) is 16.7 Å². The highest BCUT2D eigenvalue weighted by molar-refractivity contribution is 5.15. The zero-order chi connectivity index (χ0) is 23.6. The number of hydrogen-bond donors (Lipinski definition) is 1. The molecule has 0 amide bonds. The van der Waals surface area contributed by atoms with Crippen molar-refractivity contribution in [3.63, 3.8) is 0 Å². The standard InChI is InChI=1S/C28H32O6/c1-30-28-25(29)27(33-19-23-15-9-4-10-16-23)26(32-18-22-13-7-3-8-14-22)24(34-28)20-31-17-21-11-5-2-6-12-21/h2-16,24-29H,17-20H2,1H3/t24-,25-,26+,27-,28?/m1/s1. The van der Waals surface area contributed by atoms with E-state index in [9.17, 15) is 5.11 Å². The molecule has 1 aliphatic heterocycles. The van der Waals surface area contributed by atoms with Crippen molar-refractivity contribution in [2.24, 2.45) is 0 Å². The molecule has 1 unspecified atom stereocenters. The topological polar surface area (TPSA) is 66.4 Å². The molecule has 3 aromatic rings. The van der Waals surface area contributed by atoms with Gasteiger partial charge < -0.3 is 28.8 Å². The summed E-state index contributed by atoms with van der Waals surface area (Å²) in [6, 6.07) is 29.7. The summed E-state index contributed by atoms with van der Waals surface area (Å²) in [7, 11) is 1.51. The zero-order valence-corrected chi connectivity index (χ0v) is 19.4. The van der Waals surface area contributed by atoms with E-state index in [1.807, 2.05) is 91.0 Å². The highest BCUT2D eigenvalue weighted by atomic mass is 16.7. The van der Waals surface area contributed by atoms with E-state index in [0.29, 0.717) is 19.8 Å². The molecule has 1 heterocycles. The molecule has 0 aromatic heterocycles. The molecule has 180 valence electrons. The van der Waals surface area contributed by atoms with Crippen LogP contribution in [0.2, 0.25) is 0 Å². The molecule has 34 heavy (non-hydrogen) atoms. The summed E-state index contributed by atoms with van der Waals surface area (Å²) in [5.74, 6) is 0. The Bertz CT molecular complexity index is 952. The molecule has 4 rings (SSSR count). The fourth-order valence-electron chi connectivity index (χ4n) is 4.02. The monoisotopic (exact) mass is 464 g/mol. The second-order valence-electron chi connectivity index (χ2n) is 8.29. The minimum Gasteiger partial charge on any atom is -0.385 e. The van der Waals surface area contributed by atoms with Crippen LogP contribution in [0.1, 0.15) is 16.7 Å². The van der Waals surface area contributed by atoms with Gasteiger partial charge in [-0.15, -0.1) is 0 Å². The Morgan fingerprint density at radius 2 is 1.15 bits per heavy atom. The summed E-state index contributed by atoms with van der Waals surface area (Å²) < 4.78 is 30.0. The van der Waals surface area contributed by atoms with Crippen LogP contribution in [0.5, 0.6) is 0 Å². The van der Waals surface area contributed by atoms with Crippen molar-refractivity contribution < 1.29 is 28.8 Å². The number of benzene rings is 3. The molecular formula is C28H32O6. The zero-order valence-electron chi connectivity index (χ0n) is 19.4. The second kappa shape index (κ2) is 12.8. The quantitative estimate of drug-likeness (QED) is 0.461. The third kappa shape index (κ3) is 6.73. The third-order valence-electron chi connectivity index (χ3n) is 5.81. The molecule has 1 saturated heterocycles. The molecule has 5 atom stereocenters. The molecule has 0 radical (unpaired) electrons. The van der Waals surface area contributed by atoms with Gasteiger partial charge >= 0.3 is 0 Å². The fraction of sp³-hybridized carbons (Fsp3) is 0.357. The normalized spacial score (nSPS) is 24.7. The molecule has 6 heteroatoms. The number of hydrogen-bond acceptors (Lipinski definition) is 6. The average Bonchev–Trinajstić information content (AvgIpc) is 2.89. The van der Waals surface area contributed by atoms with Crippen LogP contribution in [0.25, 0.3) is 0 Å². The van der Waals surface area contributed by atoms with E-state index in [1.54, 1.807) is 0 Å². The first-order valence-electron chi connectivity index (χ1n) is 11.5. The number of ether oxygens (including phenoxy) is 5. The Balaban J connectivity index is 1.48. The van der Waals surface area contributed by atoms with Crippen LogP contribution in [-0.4, -0.2) is 49.5 Å². The van der Waals surface area contributed by atoms with Crippen molar-refractivity contribution in [2.75, 3.05) is 13.7 Å². The summed E-state index contributed by atoms with van der Waals surface area (Å²) in [5, 5.41) is 11.0. The lowest BCUT2D eigenvalue weighted by atomic mass is 9.98. The van der Waals surface area contributed by atoms with Gasteiger partial charge in [-0.1, -0.05) is 91.0 Å². The van der Waals surface area contributed by atoms with Gasteiger partial charge in [0.1, 0.15) is 24.4 Å². The van der Waals surface area contributed by atoms with E-state index in [4.69, 9.17) is 23.7 Å². The summed E-state index contributed by atoms with van der Waals surface area (Å²) in [6.07, 6.45) is -3.56. The van der Waals surface area contributed by atoms with Crippen LogP contribution in [0.4, 0.5) is 0 Å². The Morgan fingerprint density at radius 3 is 1.65 bits per heavy atom. The summed E-state index contributed by atoms with van der Waals surface area (Å²) in [5.41, 5.74) is 3.10. The molecular weight excluding hydrogens is 432 g/mol. The largest absolute Gasteiger partial charge is 0.385 e. The van der Waals surface area contributed by atoms with Gasteiger partial charge in [0.25, 0.3) is 0 Å². The molecule has 0 spiro atoms. The van der Waals surface area contributed by atoms with Gasteiger partial charge in [0, 0.05) is 7.11 Å². The van der Waals surface area contributed by atoms with E-state index in [0.717, 1.165) is 16.7 Å². The molecule has 0 aliphatic carbocycles. The Hall–Kier alpha value is -2.58. The second-order valence-corrected chi connectivity index (χ2v) is 8.29. The maximum Gasteiger partial charge on any atom is 0.186 e. The average molecular weight is 465 g/mol. The first-order valence-corrected chi connectivity index (χ1v) is 11.5. The Morgan fingerprint density at radius 1 is 0.676 bits per heavy atom. The maximum atomic E-state index is 11.0. The maximum absolute atomic E-state index is 11.0. The van der Waals surface area contributed by atoms with Gasteiger partial charge in [-0.25, -0.2) is 0 Å². The fourth-order valence-corrected chi connectivity index (χ4v) is 4.02. The lowest BCUT2D eigenvalue weighted by molar-refractivity contribution is -0.313. The van der Waals surface area contributed by atoms with Crippen molar-refractivity contribution in [3.05, 3.63) is 108 Å². The molecule has 1 fully saturated rings. The van der Waals surface area contributed by atoms with E-state index in [1.165, 1.54) is 7.11 Å². The summed E-state index contributed by atoms with van der Waals surface area (Å²) >= 11 is 0. The highest BCUT2D eigenvalue weighted by Gasteiger charge is 2.47. The van der Waals surface area contributed by atoms with Crippen molar-refractivity contribution in [2.45, 2.75) is 50.5 Å². The number of methoxy groups -OCH3 is 1. The molecule has 0 bridgehead atoms. The van der Waals surface area contributed by atoms with Crippen LogP contribution in [0.3, 0.4) is 0 Å². The van der Waals surface area contributed by atoms with E-state index >= 15 is 0 Å². The number of aliphatic hydroxyl groups is 1. The SMILES string of the molecule is COC1O[C@H](COCc2ccccc2)[C@H](OCc2ccccc2)[C@H](OCc2ccccc2)[C@H]1O. The van der Waals surface area contributed by atoms with Crippen molar-refractivity contribution in [3.8, 4) is 0 Å². The molecule has 0 saturated carbocycles. The van der Waals surface area contributed by atoms with Crippen molar-refractivity contribution >= 4 is 0 Å². The minimum atomic E-state index is -1.01. The van der Waals surface area contributed by atoms with Crippen LogP contribution in [0, 0.1) is 0 Å². The molecule has 3 aromatic carbocycles. The van der Waals surface area contributed by atoms with E-state index in [-0.39, 0.29) is 6.61 Å². The lowest BCUT2D eigenvalue weighted by Gasteiger charge is -2.43. The molecule has 1 aliphatic rings. The van der Waals surface area contributed by atoms with Crippen molar-refractivity contribution in [1.29, 1.82) is 0 Å². The lowest BCUT2D eigenvalue weighted by Crippen LogP contribution is -2.60. The predicted octanol–water partition coefficient (Wildman–Crippen LogP) is 4.11. The number of aliphatic hydroxyl groups excluding tert-OH is 1. The third-order valence-corrected chi connectivity index (χ3v) is 5.81. The summed E-state index contributed by atoms with van der Waals surface area (Å²) in [6.45, 7) is 1.41. The van der Waals surface area contributed by atoms with Gasteiger partial charge in [-0.2, -0.15) is 0 Å². The minimum absolute atomic E-state index is 0.270. The van der Waals surface area contributed by atoms with Gasteiger partial charge in [0.15, 0.2) is 6.29 Å². The van der Waals surface area contributed by atoms with Gasteiger partial charge in [-0.3, -0.25) is 0 Å². The van der Waals surface area contributed by atoms with Gasteiger partial charge in [0.2, 0.25) is 0 Å². The van der Waals surface area contributed by atoms with E-state index in [2.05, 4.69) is 0 Å². The first-order chi connectivity index (χ1) is 16.7. The van der Waals surface area contributed by atoms with Crippen LogP contribution in [0.15, 0.2) is 91.0 Å². The van der Waals surface area contributed by atoms with Crippen LogP contribution in [-0.2, 0) is 43.5 Å². The highest BCUT2D eigenvalue weighted by Crippen LogP contribution is 2.28. The predicted molar refractivity (Wildman–Crippen MR) is 128 cm³/mol. The van der Waals surface area contributed by atoms with Crippen molar-refractivity contribution in [1.82, 2.24) is 0 Å². The van der Waals surface area contributed by atoms with Gasteiger partial charge in [0.05, 0.1) is 26.4 Å². The molecule has 1 N–H and O–H groups in total. The van der Waals surface area contributed by atoms with Crippen LogP contribution < -0.4 is 0 Å². The first kappa shape index (κ1) is 24.5. The molecule has 6 nitrogen and oxygen atoms in total. The van der Waals surface area contributed by atoms with E-state index < -0.39 is 30.7 Å². The summed E-state index contributed by atoms with van der Waals surface area (Å²) in [4.78, 5) is 0. The smallest absolute Gasteiger partial charge is 0.186 e. The Kier molecular flexibility index (Phi) is 9.21.